The molecule has 3 rings (SSSR count). The van der Waals surface area contributed by atoms with Crippen molar-refractivity contribution in [3.8, 4) is 11.6 Å². The van der Waals surface area contributed by atoms with Gasteiger partial charge in [0, 0.05) is 21.4 Å². The molecule has 0 N–H and O–H groups in total. The average Bonchev–Trinajstić information content (AvgIpc) is 2.84. The summed E-state index contributed by atoms with van der Waals surface area (Å²) < 4.78 is 8.86. The Balaban J connectivity index is 2.04. The van der Waals surface area contributed by atoms with E-state index < -0.39 is 0 Å². The van der Waals surface area contributed by atoms with Gasteiger partial charge < -0.3 is 4.74 Å². The molecule has 0 amide bonds. The van der Waals surface area contributed by atoms with E-state index in [1.807, 2.05) is 41.0 Å². The molecule has 108 valence electrons. The van der Waals surface area contributed by atoms with E-state index in [9.17, 15) is 0 Å². The highest BCUT2D eigenvalue weighted by Crippen LogP contribution is 2.28. The van der Waals surface area contributed by atoms with Gasteiger partial charge in [-0.3, -0.25) is 0 Å². The van der Waals surface area contributed by atoms with Gasteiger partial charge in [-0.25, -0.2) is 9.50 Å². The van der Waals surface area contributed by atoms with E-state index in [4.69, 9.17) is 4.74 Å². The lowest BCUT2D eigenvalue weighted by molar-refractivity contribution is 0.465. The van der Waals surface area contributed by atoms with Crippen LogP contribution in [0, 0.1) is 3.57 Å². The van der Waals surface area contributed by atoms with Crippen molar-refractivity contribution in [2.75, 3.05) is 0 Å². The van der Waals surface area contributed by atoms with Gasteiger partial charge in [0.05, 0.1) is 5.69 Å². The molecule has 2 aromatic heterocycles. The van der Waals surface area contributed by atoms with E-state index >= 15 is 0 Å². The summed E-state index contributed by atoms with van der Waals surface area (Å²) in [5.74, 6) is 1.35. The van der Waals surface area contributed by atoms with Crippen LogP contribution in [0.3, 0.4) is 0 Å². The molecule has 2 heterocycles. The molecule has 0 aliphatic heterocycles. The molecule has 0 spiro atoms. The topological polar surface area (TPSA) is 39.4 Å². The predicted octanol–water partition coefficient (Wildman–Crippen LogP) is 4.42. The van der Waals surface area contributed by atoms with Gasteiger partial charge in [-0.05, 0) is 46.9 Å². The molecule has 0 saturated carbocycles. The lowest BCUT2D eigenvalue weighted by Crippen LogP contribution is -2.11. The molecule has 0 aliphatic carbocycles. The fourth-order valence-electron chi connectivity index (χ4n) is 1.99. The number of hydrogen-bond donors (Lipinski definition) is 0. The molecule has 0 unspecified atom stereocenters. The highest BCUT2D eigenvalue weighted by Gasteiger charge is 2.19. The van der Waals surface area contributed by atoms with E-state index in [-0.39, 0.29) is 5.41 Å². The van der Waals surface area contributed by atoms with Crippen molar-refractivity contribution in [2.24, 2.45) is 0 Å². The van der Waals surface area contributed by atoms with Crippen molar-refractivity contribution < 1.29 is 4.74 Å². The minimum atomic E-state index is -0.00852. The van der Waals surface area contributed by atoms with Gasteiger partial charge in [0.2, 0.25) is 5.88 Å². The third-order valence-corrected chi connectivity index (χ3v) is 3.80. The van der Waals surface area contributed by atoms with Crippen molar-refractivity contribution in [3.05, 3.63) is 52.0 Å². The first-order valence-electron chi connectivity index (χ1n) is 6.72. The van der Waals surface area contributed by atoms with Gasteiger partial charge in [-0.1, -0.05) is 26.8 Å². The second-order valence-electron chi connectivity index (χ2n) is 5.90. The maximum absolute atomic E-state index is 5.92. The maximum atomic E-state index is 5.92. The summed E-state index contributed by atoms with van der Waals surface area (Å²) in [6.45, 7) is 6.42. The zero-order chi connectivity index (χ0) is 15.0. The Hall–Kier alpha value is -1.63. The third kappa shape index (κ3) is 3.02. The fraction of sp³-hybridized carbons (Fsp3) is 0.250. The van der Waals surface area contributed by atoms with Crippen LogP contribution in [0.1, 0.15) is 26.5 Å². The van der Waals surface area contributed by atoms with Crippen LogP contribution >= 0.6 is 22.6 Å². The molecule has 0 aliphatic rings. The average molecular weight is 393 g/mol. The molecule has 21 heavy (non-hydrogen) atoms. The highest BCUT2D eigenvalue weighted by molar-refractivity contribution is 14.1. The van der Waals surface area contributed by atoms with Gasteiger partial charge in [-0.2, -0.15) is 5.10 Å². The van der Waals surface area contributed by atoms with E-state index in [2.05, 4.69) is 53.4 Å². The second-order valence-corrected chi connectivity index (χ2v) is 7.15. The number of nitrogens with zero attached hydrogens (tertiary/aromatic N) is 3. The van der Waals surface area contributed by atoms with Crippen molar-refractivity contribution >= 4 is 28.1 Å². The van der Waals surface area contributed by atoms with Gasteiger partial charge in [0.1, 0.15) is 11.3 Å². The van der Waals surface area contributed by atoms with Crippen LogP contribution in [0.4, 0.5) is 0 Å². The zero-order valence-corrected chi connectivity index (χ0v) is 14.3. The first-order valence-corrected chi connectivity index (χ1v) is 7.80. The van der Waals surface area contributed by atoms with Crippen molar-refractivity contribution in [1.82, 2.24) is 14.6 Å². The molecule has 1 aromatic carbocycles. The van der Waals surface area contributed by atoms with Crippen LogP contribution in [0.5, 0.6) is 11.6 Å². The van der Waals surface area contributed by atoms with E-state index in [1.54, 1.807) is 6.20 Å². The number of fused-ring (bicyclic) bond motifs is 1. The molecule has 0 atom stereocenters. The SMILES string of the molecule is CC(C)(C)c1cc2c(Oc3cccc(I)c3)nccn2n1. The minimum Gasteiger partial charge on any atom is -0.437 e. The van der Waals surface area contributed by atoms with Gasteiger partial charge in [0.25, 0.3) is 0 Å². The summed E-state index contributed by atoms with van der Waals surface area (Å²) in [6, 6.07) is 9.93. The summed E-state index contributed by atoms with van der Waals surface area (Å²) in [5.41, 5.74) is 1.88. The Morgan fingerprint density at radius 3 is 2.71 bits per heavy atom. The van der Waals surface area contributed by atoms with Crippen LogP contribution in [-0.2, 0) is 5.41 Å². The van der Waals surface area contributed by atoms with Crippen LogP contribution in [-0.4, -0.2) is 14.6 Å². The Morgan fingerprint density at radius 2 is 2.00 bits per heavy atom. The first-order chi connectivity index (χ1) is 9.93. The number of aromatic nitrogens is 3. The minimum absolute atomic E-state index is 0.00852. The van der Waals surface area contributed by atoms with Crippen molar-refractivity contribution in [2.45, 2.75) is 26.2 Å². The molecular weight excluding hydrogens is 377 g/mol. The fourth-order valence-corrected chi connectivity index (χ4v) is 2.50. The lowest BCUT2D eigenvalue weighted by atomic mass is 9.92. The zero-order valence-electron chi connectivity index (χ0n) is 12.2. The smallest absolute Gasteiger partial charge is 0.245 e. The summed E-state index contributed by atoms with van der Waals surface area (Å²) in [6.07, 6.45) is 3.54. The monoisotopic (exact) mass is 393 g/mol. The summed E-state index contributed by atoms with van der Waals surface area (Å²) in [4.78, 5) is 4.34. The Morgan fingerprint density at radius 1 is 1.19 bits per heavy atom. The third-order valence-electron chi connectivity index (χ3n) is 3.13. The highest BCUT2D eigenvalue weighted by atomic mass is 127. The summed E-state index contributed by atoms with van der Waals surface area (Å²) >= 11 is 2.26. The molecule has 4 nitrogen and oxygen atoms in total. The number of ether oxygens (including phenoxy) is 1. The number of rotatable bonds is 2. The predicted molar refractivity (Wildman–Crippen MR) is 90.9 cm³/mol. The molecule has 0 radical (unpaired) electrons. The van der Waals surface area contributed by atoms with Crippen LogP contribution in [0.25, 0.3) is 5.52 Å². The lowest BCUT2D eigenvalue weighted by Gasteiger charge is -2.13. The summed E-state index contributed by atoms with van der Waals surface area (Å²) in [7, 11) is 0. The van der Waals surface area contributed by atoms with Crippen LogP contribution in [0.15, 0.2) is 42.7 Å². The molecule has 0 saturated heterocycles. The number of halogens is 1. The molecule has 0 fully saturated rings. The van der Waals surface area contributed by atoms with Gasteiger partial charge in [0.15, 0.2) is 0 Å². The van der Waals surface area contributed by atoms with Crippen LogP contribution < -0.4 is 4.74 Å². The number of hydrogen-bond acceptors (Lipinski definition) is 3. The largest absolute Gasteiger partial charge is 0.437 e. The van der Waals surface area contributed by atoms with Crippen LogP contribution in [0.2, 0.25) is 0 Å². The quantitative estimate of drug-likeness (QED) is 0.605. The maximum Gasteiger partial charge on any atom is 0.245 e. The number of benzene rings is 1. The first kappa shape index (κ1) is 14.3. The van der Waals surface area contributed by atoms with E-state index in [0.717, 1.165) is 20.5 Å². The van der Waals surface area contributed by atoms with E-state index in [0.29, 0.717) is 5.88 Å². The Labute approximate surface area is 137 Å². The molecule has 5 heteroatoms. The van der Waals surface area contributed by atoms with Crippen molar-refractivity contribution in [1.29, 1.82) is 0 Å². The van der Waals surface area contributed by atoms with Gasteiger partial charge in [-0.15, -0.1) is 0 Å². The molecule has 0 bridgehead atoms. The normalized spacial score (nSPS) is 11.8. The Bertz CT molecular complexity index is 790. The van der Waals surface area contributed by atoms with Crippen molar-refractivity contribution in [3.63, 3.8) is 0 Å². The molecular formula is C16H16IN3O. The van der Waals surface area contributed by atoms with E-state index in [1.165, 1.54) is 0 Å². The Kier molecular flexibility index (Phi) is 3.61. The summed E-state index contributed by atoms with van der Waals surface area (Å²) in [5, 5.41) is 4.60. The standard InChI is InChI=1S/C16H16IN3O/c1-16(2,3)14-10-13-15(18-7-8-20(13)19-14)21-12-6-4-5-11(17)9-12/h4-10H,1-3H3. The van der Waals surface area contributed by atoms with Gasteiger partial charge >= 0.3 is 0 Å². The molecule has 3 aromatic rings. The second kappa shape index (κ2) is 5.29.